The molecule has 5 heteroatoms. The zero-order valence-electron chi connectivity index (χ0n) is 11.4. The van der Waals surface area contributed by atoms with Crippen LogP contribution in [0.3, 0.4) is 0 Å². The van der Waals surface area contributed by atoms with Crippen LogP contribution in [0.2, 0.25) is 5.02 Å². The summed E-state index contributed by atoms with van der Waals surface area (Å²) in [6.45, 7) is 3.45. The second-order valence-corrected chi connectivity index (χ2v) is 5.76. The third-order valence-electron chi connectivity index (χ3n) is 3.85. The molecule has 2 aromatic rings. The molecule has 1 amide bonds. The molecule has 2 N–H and O–H groups in total. The molecule has 1 saturated heterocycles. The van der Waals surface area contributed by atoms with E-state index in [1.807, 2.05) is 18.3 Å². The molecule has 3 rings (SSSR count). The van der Waals surface area contributed by atoms with E-state index in [0.717, 1.165) is 36.5 Å². The van der Waals surface area contributed by atoms with Crippen LogP contribution in [0.25, 0.3) is 10.9 Å². The predicted molar refractivity (Wildman–Crippen MR) is 82.4 cm³/mol. The van der Waals surface area contributed by atoms with E-state index in [1.165, 1.54) is 11.1 Å². The maximum atomic E-state index is 11.1. The number of fused-ring (bicyclic) bond motifs is 1. The third kappa shape index (κ3) is 2.61. The van der Waals surface area contributed by atoms with Crippen LogP contribution in [0.15, 0.2) is 24.4 Å². The van der Waals surface area contributed by atoms with Crippen LogP contribution in [0.5, 0.6) is 0 Å². The summed E-state index contributed by atoms with van der Waals surface area (Å²) < 4.78 is 0. The average molecular weight is 292 g/mol. The van der Waals surface area contributed by atoms with Crippen molar-refractivity contribution in [3.8, 4) is 0 Å². The summed E-state index contributed by atoms with van der Waals surface area (Å²) in [5, 5.41) is 4.95. The van der Waals surface area contributed by atoms with E-state index in [-0.39, 0.29) is 5.91 Å². The Morgan fingerprint density at radius 3 is 2.85 bits per heavy atom. The van der Waals surface area contributed by atoms with E-state index in [2.05, 4.69) is 21.3 Å². The minimum absolute atomic E-state index is 0.0548. The van der Waals surface area contributed by atoms with Gasteiger partial charge in [0.05, 0.1) is 0 Å². The molecule has 1 aromatic heterocycles. The summed E-state index contributed by atoms with van der Waals surface area (Å²) in [4.78, 5) is 16.7. The Balaban J connectivity index is 1.79. The van der Waals surface area contributed by atoms with Gasteiger partial charge in [0.25, 0.3) is 0 Å². The van der Waals surface area contributed by atoms with Crippen molar-refractivity contribution in [3.63, 3.8) is 0 Å². The SMILES string of the molecule is CC(=O)NC1CCN(c2cc(Cl)cc3[nH]ccc23)CC1. The second kappa shape index (κ2) is 5.37. The smallest absolute Gasteiger partial charge is 0.217 e. The lowest BCUT2D eigenvalue weighted by Crippen LogP contribution is -2.44. The fourth-order valence-electron chi connectivity index (χ4n) is 2.93. The highest BCUT2D eigenvalue weighted by Crippen LogP contribution is 2.32. The number of amides is 1. The van der Waals surface area contributed by atoms with E-state index >= 15 is 0 Å². The zero-order valence-corrected chi connectivity index (χ0v) is 12.2. The predicted octanol–water partition coefficient (Wildman–Crippen LogP) is 2.93. The number of nitrogens with zero attached hydrogens (tertiary/aromatic N) is 1. The number of benzene rings is 1. The van der Waals surface area contributed by atoms with Gasteiger partial charge in [0.1, 0.15) is 0 Å². The Morgan fingerprint density at radius 2 is 2.15 bits per heavy atom. The molecule has 1 fully saturated rings. The van der Waals surface area contributed by atoms with Gasteiger partial charge < -0.3 is 15.2 Å². The van der Waals surface area contributed by atoms with Crippen LogP contribution in [0, 0.1) is 0 Å². The van der Waals surface area contributed by atoms with E-state index in [9.17, 15) is 4.79 Å². The van der Waals surface area contributed by atoms with Gasteiger partial charge in [-0.05, 0) is 31.0 Å². The van der Waals surface area contributed by atoms with E-state index in [1.54, 1.807) is 6.92 Å². The molecule has 106 valence electrons. The maximum absolute atomic E-state index is 11.1. The van der Waals surface area contributed by atoms with Gasteiger partial charge >= 0.3 is 0 Å². The summed E-state index contributed by atoms with van der Waals surface area (Å²) in [6.07, 6.45) is 3.88. The number of nitrogens with one attached hydrogen (secondary N) is 2. The number of hydrogen-bond acceptors (Lipinski definition) is 2. The molecule has 1 aromatic carbocycles. The van der Waals surface area contributed by atoms with Gasteiger partial charge in [-0.3, -0.25) is 4.79 Å². The van der Waals surface area contributed by atoms with Crippen molar-refractivity contribution in [2.24, 2.45) is 0 Å². The number of carbonyl (C=O) groups is 1. The van der Waals surface area contributed by atoms with Crippen LogP contribution in [-0.4, -0.2) is 30.0 Å². The van der Waals surface area contributed by atoms with E-state index < -0.39 is 0 Å². The molecule has 2 heterocycles. The minimum Gasteiger partial charge on any atom is -0.371 e. The summed E-state index contributed by atoms with van der Waals surface area (Å²) >= 11 is 6.19. The molecule has 0 radical (unpaired) electrons. The number of halogens is 1. The van der Waals surface area contributed by atoms with Gasteiger partial charge in [-0.1, -0.05) is 11.6 Å². The molecule has 0 atom stereocenters. The number of H-pyrrole nitrogens is 1. The van der Waals surface area contributed by atoms with Crippen molar-refractivity contribution in [1.29, 1.82) is 0 Å². The zero-order chi connectivity index (χ0) is 14.1. The molecule has 0 aliphatic carbocycles. The van der Waals surface area contributed by atoms with Crippen molar-refractivity contribution >= 4 is 34.1 Å². The van der Waals surface area contributed by atoms with Crippen LogP contribution in [0.1, 0.15) is 19.8 Å². The van der Waals surface area contributed by atoms with Gasteiger partial charge in [-0.25, -0.2) is 0 Å². The first-order valence-electron chi connectivity index (χ1n) is 6.92. The Hall–Kier alpha value is -1.68. The highest BCUT2D eigenvalue weighted by atomic mass is 35.5. The lowest BCUT2D eigenvalue weighted by atomic mass is 10.0. The number of rotatable bonds is 2. The number of piperidine rings is 1. The van der Waals surface area contributed by atoms with Crippen LogP contribution >= 0.6 is 11.6 Å². The lowest BCUT2D eigenvalue weighted by Gasteiger charge is -2.34. The molecule has 1 aliphatic rings. The Bertz CT molecular complexity index is 629. The summed E-state index contributed by atoms with van der Waals surface area (Å²) in [7, 11) is 0. The number of aromatic nitrogens is 1. The Morgan fingerprint density at radius 1 is 1.40 bits per heavy atom. The molecule has 20 heavy (non-hydrogen) atoms. The lowest BCUT2D eigenvalue weighted by molar-refractivity contribution is -0.119. The molecule has 1 aliphatic heterocycles. The molecule has 0 spiro atoms. The second-order valence-electron chi connectivity index (χ2n) is 5.33. The Kier molecular flexibility index (Phi) is 3.57. The highest BCUT2D eigenvalue weighted by Gasteiger charge is 2.21. The van der Waals surface area contributed by atoms with Crippen molar-refractivity contribution in [2.45, 2.75) is 25.8 Å². The number of carbonyl (C=O) groups excluding carboxylic acids is 1. The molecule has 0 saturated carbocycles. The first kappa shape index (κ1) is 13.3. The standard InChI is InChI=1S/C15H18ClN3O/c1-10(20)18-12-3-6-19(7-4-12)15-9-11(16)8-14-13(15)2-5-17-14/h2,5,8-9,12,17H,3-4,6-7H2,1H3,(H,18,20). The van der Waals surface area contributed by atoms with Crippen molar-refractivity contribution in [1.82, 2.24) is 10.3 Å². The number of aromatic amines is 1. The summed E-state index contributed by atoms with van der Waals surface area (Å²) in [6, 6.07) is 6.35. The van der Waals surface area contributed by atoms with Gasteiger partial charge in [0, 0.05) is 53.9 Å². The van der Waals surface area contributed by atoms with Gasteiger partial charge in [-0.15, -0.1) is 0 Å². The van der Waals surface area contributed by atoms with E-state index in [0.29, 0.717) is 6.04 Å². The molecule has 0 bridgehead atoms. The summed E-state index contributed by atoms with van der Waals surface area (Å²) in [5.41, 5.74) is 2.24. The van der Waals surface area contributed by atoms with Crippen molar-refractivity contribution in [3.05, 3.63) is 29.4 Å². The summed E-state index contributed by atoms with van der Waals surface area (Å²) in [5.74, 6) is 0.0548. The van der Waals surface area contributed by atoms with Gasteiger partial charge in [0.2, 0.25) is 5.91 Å². The van der Waals surface area contributed by atoms with Gasteiger partial charge in [0.15, 0.2) is 0 Å². The molecular formula is C15H18ClN3O. The van der Waals surface area contributed by atoms with Crippen LogP contribution in [-0.2, 0) is 4.79 Å². The number of hydrogen-bond donors (Lipinski definition) is 2. The molecule has 4 nitrogen and oxygen atoms in total. The monoisotopic (exact) mass is 291 g/mol. The fraction of sp³-hybridized carbons (Fsp3) is 0.400. The molecule has 0 unspecified atom stereocenters. The van der Waals surface area contributed by atoms with Crippen LogP contribution < -0.4 is 10.2 Å². The first-order valence-corrected chi connectivity index (χ1v) is 7.30. The van der Waals surface area contributed by atoms with E-state index in [4.69, 9.17) is 11.6 Å². The van der Waals surface area contributed by atoms with Gasteiger partial charge in [-0.2, -0.15) is 0 Å². The topological polar surface area (TPSA) is 48.1 Å². The van der Waals surface area contributed by atoms with Crippen LogP contribution in [0.4, 0.5) is 5.69 Å². The normalized spacial score (nSPS) is 16.6. The fourth-order valence-corrected chi connectivity index (χ4v) is 3.14. The quantitative estimate of drug-likeness (QED) is 0.894. The number of anilines is 1. The minimum atomic E-state index is 0.0548. The first-order chi connectivity index (χ1) is 9.63. The third-order valence-corrected chi connectivity index (χ3v) is 4.07. The average Bonchev–Trinajstić information content (AvgIpc) is 2.86. The largest absolute Gasteiger partial charge is 0.371 e. The Labute approximate surface area is 123 Å². The molecular weight excluding hydrogens is 274 g/mol. The van der Waals surface area contributed by atoms with Crippen molar-refractivity contribution in [2.75, 3.05) is 18.0 Å². The van der Waals surface area contributed by atoms with Crippen molar-refractivity contribution < 1.29 is 4.79 Å². The highest BCUT2D eigenvalue weighted by molar-refractivity contribution is 6.31. The maximum Gasteiger partial charge on any atom is 0.217 e.